The van der Waals surface area contributed by atoms with E-state index in [2.05, 4.69) is 25.7 Å². The van der Waals surface area contributed by atoms with Crippen LogP contribution in [0.4, 0.5) is 5.82 Å². The lowest BCUT2D eigenvalue weighted by Gasteiger charge is -2.08. The van der Waals surface area contributed by atoms with Gasteiger partial charge in [0, 0.05) is 15.6 Å². The fourth-order valence-corrected chi connectivity index (χ4v) is 2.61. The molecule has 2 N–H and O–H groups in total. The lowest BCUT2D eigenvalue weighted by Crippen LogP contribution is -2.15. The molecular weight excluding hydrogens is 389 g/mol. The van der Waals surface area contributed by atoms with Gasteiger partial charge >= 0.3 is 5.69 Å². The van der Waals surface area contributed by atoms with E-state index in [0.29, 0.717) is 33.9 Å². The monoisotopic (exact) mass is 403 g/mol. The van der Waals surface area contributed by atoms with E-state index in [-0.39, 0.29) is 0 Å². The Hall–Kier alpha value is -2.90. The van der Waals surface area contributed by atoms with Gasteiger partial charge in [-0.2, -0.15) is 15.2 Å². The average molecular weight is 404 g/mol. The summed E-state index contributed by atoms with van der Waals surface area (Å²) in [4.78, 5) is 15.0. The molecule has 0 saturated carbocycles. The number of hydrogen-bond donors (Lipinski definition) is 2. The van der Waals surface area contributed by atoms with Gasteiger partial charge in [0.15, 0.2) is 5.82 Å². The summed E-state index contributed by atoms with van der Waals surface area (Å²) in [7, 11) is 0. The maximum absolute atomic E-state index is 11.2. The van der Waals surface area contributed by atoms with Crippen molar-refractivity contribution in [3.8, 4) is 5.75 Å². The van der Waals surface area contributed by atoms with Crippen LogP contribution in [-0.4, -0.2) is 21.4 Å². The summed E-state index contributed by atoms with van der Waals surface area (Å²) in [5.41, 5.74) is 4.32. The third-order valence-electron chi connectivity index (χ3n) is 3.53. The number of halogens is 2. The first-order valence-corrected chi connectivity index (χ1v) is 8.66. The first-order chi connectivity index (χ1) is 13.0. The summed E-state index contributed by atoms with van der Waals surface area (Å²) < 4.78 is 5.78. The summed E-state index contributed by atoms with van der Waals surface area (Å²) in [6.45, 7) is 2.02. The fraction of sp³-hybridized carbons (Fsp3) is 0.111. The molecule has 0 bridgehead atoms. The maximum atomic E-state index is 11.2. The Morgan fingerprint density at radius 3 is 2.93 bits per heavy atom. The Labute approximate surface area is 165 Å². The molecule has 0 aliphatic rings. The Morgan fingerprint density at radius 1 is 1.26 bits per heavy atom. The van der Waals surface area contributed by atoms with Gasteiger partial charge in [-0.3, -0.25) is 5.43 Å². The van der Waals surface area contributed by atoms with Crippen molar-refractivity contribution >= 4 is 35.2 Å². The lowest BCUT2D eigenvalue weighted by atomic mass is 10.2. The predicted molar refractivity (Wildman–Crippen MR) is 106 cm³/mol. The Bertz CT molecular complexity index is 1040. The second-order valence-corrected chi connectivity index (χ2v) is 6.39. The molecule has 0 atom stereocenters. The number of benzene rings is 2. The van der Waals surface area contributed by atoms with Gasteiger partial charge in [0.1, 0.15) is 18.1 Å². The van der Waals surface area contributed by atoms with Crippen molar-refractivity contribution in [3.63, 3.8) is 0 Å². The van der Waals surface area contributed by atoms with Crippen LogP contribution < -0.4 is 15.9 Å². The van der Waals surface area contributed by atoms with Crippen molar-refractivity contribution in [3.05, 3.63) is 79.8 Å². The van der Waals surface area contributed by atoms with Crippen LogP contribution in [-0.2, 0) is 6.61 Å². The molecule has 3 rings (SSSR count). The molecule has 9 heteroatoms. The number of H-pyrrole nitrogens is 1. The molecule has 0 aliphatic carbocycles. The highest BCUT2D eigenvalue weighted by atomic mass is 35.5. The number of aryl methyl sites for hydroxylation is 1. The summed E-state index contributed by atoms with van der Waals surface area (Å²) in [6.07, 6.45) is 1.59. The molecular formula is C18H15Cl2N5O2. The number of nitrogens with zero attached hydrogens (tertiary/aromatic N) is 3. The van der Waals surface area contributed by atoms with Crippen molar-refractivity contribution in [2.45, 2.75) is 13.5 Å². The van der Waals surface area contributed by atoms with Crippen LogP contribution in [0.5, 0.6) is 5.75 Å². The normalized spacial score (nSPS) is 10.9. The molecule has 0 amide bonds. The third kappa shape index (κ3) is 5.29. The molecule has 1 heterocycles. The summed E-state index contributed by atoms with van der Waals surface area (Å²) in [5, 5.41) is 11.3. The Balaban J connectivity index is 1.64. The highest BCUT2D eigenvalue weighted by molar-refractivity contribution is 6.35. The van der Waals surface area contributed by atoms with Gasteiger partial charge in [0.25, 0.3) is 0 Å². The molecule has 0 saturated heterocycles. The zero-order chi connectivity index (χ0) is 19.2. The smallest absolute Gasteiger partial charge is 0.363 e. The second kappa shape index (κ2) is 8.66. The number of aromatic amines is 1. The van der Waals surface area contributed by atoms with Crippen LogP contribution in [0.1, 0.15) is 16.8 Å². The van der Waals surface area contributed by atoms with Crippen molar-refractivity contribution in [2.24, 2.45) is 5.10 Å². The highest BCUT2D eigenvalue weighted by Gasteiger charge is 2.03. The molecule has 3 aromatic rings. The van der Waals surface area contributed by atoms with E-state index in [1.165, 1.54) is 0 Å². The van der Waals surface area contributed by atoms with E-state index in [1.807, 2.05) is 30.3 Å². The zero-order valence-corrected chi connectivity index (χ0v) is 15.8. The van der Waals surface area contributed by atoms with Crippen molar-refractivity contribution < 1.29 is 4.74 Å². The minimum absolute atomic E-state index is 0.291. The van der Waals surface area contributed by atoms with E-state index < -0.39 is 5.69 Å². The van der Waals surface area contributed by atoms with Crippen LogP contribution in [0.3, 0.4) is 0 Å². The van der Waals surface area contributed by atoms with Gasteiger partial charge in [0.2, 0.25) is 0 Å². The molecule has 27 heavy (non-hydrogen) atoms. The fourth-order valence-electron chi connectivity index (χ4n) is 2.15. The third-order valence-corrected chi connectivity index (χ3v) is 4.11. The number of hydrogen-bond acceptors (Lipinski definition) is 6. The van der Waals surface area contributed by atoms with Gasteiger partial charge in [-0.25, -0.2) is 9.89 Å². The topological polar surface area (TPSA) is 92.3 Å². The van der Waals surface area contributed by atoms with E-state index in [4.69, 9.17) is 27.9 Å². The lowest BCUT2D eigenvalue weighted by molar-refractivity contribution is 0.306. The van der Waals surface area contributed by atoms with Gasteiger partial charge in [-0.1, -0.05) is 41.4 Å². The minimum atomic E-state index is -0.547. The number of aromatic nitrogens is 3. The number of anilines is 1. The van der Waals surface area contributed by atoms with Crippen molar-refractivity contribution in [1.29, 1.82) is 0 Å². The van der Waals surface area contributed by atoms with Crippen LogP contribution in [0.25, 0.3) is 0 Å². The summed E-state index contributed by atoms with van der Waals surface area (Å²) in [5.74, 6) is 0.955. The van der Waals surface area contributed by atoms with Crippen molar-refractivity contribution in [2.75, 3.05) is 5.43 Å². The second-order valence-electron chi connectivity index (χ2n) is 5.54. The van der Waals surface area contributed by atoms with Crippen molar-refractivity contribution in [1.82, 2.24) is 15.2 Å². The Kier molecular flexibility index (Phi) is 6.05. The Morgan fingerprint density at radius 2 is 2.11 bits per heavy atom. The average Bonchev–Trinajstić information content (AvgIpc) is 2.64. The SMILES string of the molecule is Cc1n[nH]c(=O)nc1N/N=C/c1cccc(OCc2ccc(Cl)cc2Cl)c1. The summed E-state index contributed by atoms with van der Waals surface area (Å²) in [6, 6.07) is 12.6. The van der Waals surface area contributed by atoms with Crippen LogP contribution in [0.2, 0.25) is 10.0 Å². The number of hydrazone groups is 1. The molecule has 0 radical (unpaired) electrons. The van der Waals surface area contributed by atoms with Crippen LogP contribution >= 0.6 is 23.2 Å². The molecule has 138 valence electrons. The van der Waals surface area contributed by atoms with Gasteiger partial charge in [-0.05, 0) is 36.8 Å². The maximum Gasteiger partial charge on any atom is 0.363 e. The molecule has 0 aliphatic heterocycles. The number of nitrogens with one attached hydrogen (secondary N) is 2. The van der Waals surface area contributed by atoms with Gasteiger partial charge in [-0.15, -0.1) is 0 Å². The van der Waals surface area contributed by atoms with E-state index in [1.54, 1.807) is 25.3 Å². The van der Waals surface area contributed by atoms with Crippen LogP contribution in [0, 0.1) is 6.92 Å². The van der Waals surface area contributed by atoms with E-state index >= 15 is 0 Å². The quantitative estimate of drug-likeness (QED) is 0.482. The molecule has 1 aromatic heterocycles. The first kappa shape index (κ1) is 18.9. The highest BCUT2D eigenvalue weighted by Crippen LogP contribution is 2.23. The molecule has 0 unspecified atom stereocenters. The largest absolute Gasteiger partial charge is 0.489 e. The molecule has 0 spiro atoms. The van der Waals surface area contributed by atoms with E-state index in [0.717, 1.165) is 11.1 Å². The van der Waals surface area contributed by atoms with E-state index in [9.17, 15) is 4.79 Å². The molecule has 2 aromatic carbocycles. The summed E-state index contributed by atoms with van der Waals surface area (Å²) >= 11 is 12.0. The predicted octanol–water partition coefficient (Wildman–Crippen LogP) is 3.81. The number of rotatable bonds is 6. The van der Waals surface area contributed by atoms with Gasteiger partial charge < -0.3 is 4.74 Å². The van der Waals surface area contributed by atoms with Gasteiger partial charge in [0.05, 0.1) is 6.21 Å². The number of ether oxygens (including phenoxy) is 1. The molecule has 7 nitrogen and oxygen atoms in total. The zero-order valence-electron chi connectivity index (χ0n) is 14.2. The molecule has 0 fully saturated rings. The minimum Gasteiger partial charge on any atom is -0.489 e. The standard InChI is InChI=1S/C18H15Cl2N5O2/c1-11-17(22-18(26)25-23-11)24-21-9-12-3-2-4-15(7-12)27-10-13-5-6-14(19)8-16(13)20/h2-9H,10H2,1H3,(H2,22,24,25,26)/b21-9+. The van der Waals surface area contributed by atoms with Crippen LogP contribution in [0.15, 0.2) is 52.4 Å². The first-order valence-electron chi connectivity index (χ1n) is 7.90.